The van der Waals surface area contributed by atoms with Crippen LogP contribution in [-0.4, -0.2) is 26.2 Å². The first-order valence-electron chi connectivity index (χ1n) is 4.75. The third-order valence-electron chi connectivity index (χ3n) is 4.30. The molecule has 0 aromatic heterocycles. The van der Waals surface area contributed by atoms with Gasteiger partial charge in [-0.2, -0.15) is 0 Å². The third kappa shape index (κ3) is 0.536. The lowest BCUT2D eigenvalue weighted by Crippen LogP contribution is -2.33. The molecule has 0 amide bonds. The van der Waals surface area contributed by atoms with Crippen molar-refractivity contribution in [1.82, 2.24) is 0 Å². The minimum Gasteiger partial charge on any atom is -0.407 e. The quantitative estimate of drug-likeness (QED) is 0.477. The van der Waals surface area contributed by atoms with E-state index in [2.05, 4.69) is 0 Å². The van der Waals surface area contributed by atoms with Crippen LogP contribution in [0.4, 0.5) is 0 Å². The molecule has 3 aliphatic rings. The Hall–Kier alpha value is 0.0899. The first-order chi connectivity index (χ1) is 5.03. The number of fused-ring (bicyclic) bond motifs is 1. The standard InChI is InChI=1S/C8H14B2O/c9-8(10,11)5-6(1-2-6)7(5)3-4-7/h5,11H,1-4,9-10H2. The lowest BCUT2D eigenvalue weighted by atomic mass is 9.61. The first-order valence-corrected chi connectivity index (χ1v) is 4.75. The van der Waals surface area contributed by atoms with Crippen molar-refractivity contribution in [3.63, 3.8) is 0 Å². The monoisotopic (exact) mass is 148 g/mol. The Morgan fingerprint density at radius 1 is 1.09 bits per heavy atom. The fraction of sp³-hybridized carbons (Fsp3) is 1.00. The smallest absolute Gasteiger partial charge is 0.132 e. The van der Waals surface area contributed by atoms with Gasteiger partial charge in [0.05, 0.1) is 0 Å². The summed E-state index contributed by atoms with van der Waals surface area (Å²) in [5.74, 6) is 0.655. The van der Waals surface area contributed by atoms with Crippen molar-refractivity contribution in [3.8, 4) is 0 Å². The van der Waals surface area contributed by atoms with E-state index in [0.717, 1.165) is 0 Å². The summed E-state index contributed by atoms with van der Waals surface area (Å²) in [6.45, 7) is 0. The second-order valence-corrected chi connectivity index (χ2v) is 5.40. The van der Waals surface area contributed by atoms with E-state index >= 15 is 0 Å². The van der Waals surface area contributed by atoms with Crippen LogP contribution in [0.2, 0.25) is 0 Å². The molecule has 3 fully saturated rings. The van der Waals surface area contributed by atoms with Crippen molar-refractivity contribution in [3.05, 3.63) is 0 Å². The average Bonchev–Trinajstić information content (AvgIpc) is 2.58. The Morgan fingerprint density at radius 2 is 1.45 bits per heavy atom. The van der Waals surface area contributed by atoms with Gasteiger partial charge < -0.3 is 5.11 Å². The van der Waals surface area contributed by atoms with Gasteiger partial charge in [0.1, 0.15) is 15.7 Å². The zero-order chi connectivity index (χ0) is 7.91. The zero-order valence-electron chi connectivity index (χ0n) is 7.35. The molecule has 3 aliphatic carbocycles. The zero-order valence-corrected chi connectivity index (χ0v) is 7.35. The van der Waals surface area contributed by atoms with E-state index in [0.29, 0.717) is 16.7 Å². The summed E-state index contributed by atoms with van der Waals surface area (Å²) in [7, 11) is 3.98. The van der Waals surface area contributed by atoms with Crippen molar-refractivity contribution < 1.29 is 5.11 Å². The Morgan fingerprint density at radius 3 is 1.55 bits per heavy atom. The summed E-state index contributed by atoms with van der Waals surface area (Å²) in [5, 5.41) is 9.51. The molecule has 0 aliphatic heterocycles. The van der Waals surface area contributed by atoms with Gasteiger partial charge >= 0.3 is 0 Å². The summed E-state index contributed by atoms with van der Waals surface area (Å²) < 4.78 is 0. The molecule has 1 nitrogen and oxygen atoms in total. The molecule has 3 heteroatoms. The van der Waals surface area contributed by atoms with E-state index in [1.54, 1.807) is 0 Å². The highest BCUT2D eigenvalue weighted by molar-refractivity contribution is 6.39. The highest BCUT2D eigenvalue weighted by atomic mass is 16.3. The summed E-state index contributed by atoms with van der Waals surface area (Å²) in [4.78, 5) is 0. The van der Waals surface area contributed by atoms with Crippen LogP contribution in [0.1, 0.15) is 25.7 Å². The van der Waals surface area contributed by atoms with Gasteiger partial charge in [-0.25, -0.2) is 0 Å². The van der Waals surface area contributed by atoms with Crippen LogP contribution in [0.3, 0.4) is 0 Å². The molecule has 0 atom stereocenters. The number of rotatable bonds is 1. The van der Waals surface area contributed by atoms with Crippen molar-refractivity contribution >= 4 is 15.7 Å². The van der Waals surface area contributed by atoms with Crippen LogP contribution < -0.4 is 0 Å². The number of hydrogen-bond acceptors (Lipinski definition) is 1. The van der Waals surface area contributed by atoms with Gasteiger partial charge in [-0.15, -0.1) is 0 Å². The molecule has 0 saturated heterocycles. The van der Waals surface area contributed by atoms with Crippen LogP contribution in [0.25, 0.3) is 0 Å². The van der Waals surface area contributed by atoms with Gasteiger partial charge in [-0.05, 0) is 42.4 Å². The van der Waals surface area contributed by atoms with Gasteiger partial charge in [0, 0.05) is 5.40 Å². The molecule has 0 unspecified atom stereocenters. The molecule has 2 spiro atoms. The van der Waals surface area contributed by atoms with E-state index in [-0.39, 0.29) is 0 Å². The second kappa shape index (κ2) is 1.32. The maximum absolute atomic E-state index is 9.91. The Balaban J connectivity index is 1.93. The van der Waals surface area contributed by atoms with Crippen molar-refractivity contribution in [2.75, 3.05) is 0 Å². The maximum atomic E-state index is 9.91. The lowest BCUT2D eigenvalue weighted by Gasteiger charge is -2.17. The minimum atomic E-state index is -0.396. The fourth-order valence-electron chi connectivity index (χ4n) is 3.93. The van der Waals surface area contributed by atoms with Crippen LogP contribution >= 0.6 is 0 Å². The van der Waals surface area contributed by atoms with Crippen molar-refractivity contribution in [2.24, 2.45) is 16.7 Å². The molecule has 11 heavy (non-hydrogen) atoms. The van der Waals surface area contributed by atoms with Gasteiger partial charge in [0.25, 0.3) is 0 Å². The molecule has 58 valence electrons. The Labute approximate surface area is 69.4 Å². The van der Waals surface area contributed by atoms with Crippen molar-refractivity contribution in [1.29, 1.82) is 0 Å². The normalized spacial score (nSPS) is 41.0. The Kier molecular flexibility index (Phi) is 0.793. The maximum Gasteiger partial charge on any atom is 0.132 e. The molecule has 3 saturated carbocycles. The molecule has 3 rings (SSSR count). The molecule has 0 bridgehead atoms. The van der Waals surface area contributed by atoms with Gasteiger partial charge in [0.2, 0.25) is 0 Å². The summed E-state index contributed by atoms with van der Waals surface area (Å²) in [6, 6.07) is 0. The summed E-state index contributed by atoms with van der Waals surface area (Å²) in [6.07, 6.45) is 5.62. The van der Waals surface area contributed by atoms with Gasteiger partial charge in [0.15, 0.2) is 0 Å². The average molecular weight is 148 g/mol. The van der Waals surface area contributed by atoms with Gasteiger partial charge in [-0.3, -0.25) is 0 Å². The second-order valence-electron chi connectivity index (χ2n) is 5.40. The summed E-state index contributed by atoms with van der Waals surface area (Å²) in [5.41, 5.74) is 1.32. The predicted octanol–water partition coefficient (Wildman–Crippen LogP) is -0.911. The van der Waals surface area contributed by atoms with Crippen LogP contribution in [-0.2, 0) is 0 Å². The predicted molar refractivity (Wildman–Crippen MR) is 48.9 cm³/mol. The largest absolute Gasteiger partial charge is 0.407 e. The first kappa shape index (κ1) is 6.59. The molecule has 0 radical (unpaired) electrons. The lowest BCUT2D eigenvalue weighted by molar-refractivity contribution is 0.174. The molecule has 0 aromatic rings. The molecule has 1 N–H and O–H groups in total. The third-order valence-corrected chi connectivity index (χ3v) is 4.30. The van der Waals surface area contributed by atoms with E-state index in [1.165, 1.54) is 25.7 Å². The molecule has 0 aromatic carbocycles. The van der Waals surface area contributed by atoms with E-state index in [9.17, 15) is 5.11 Å². The molecular weight excluding hydrogens is 134 g/mol. The molecule has 0 heterocycles. The molecular formula is C8H14B2O. The van der Waals surface area contributed by atoms with E-state index in [4.69, 9.17) is 0 Å². The highest BCUT2D eigenvalue weighted by Gasteiger charge is 2.88. The van der Waals surface area contributed by atoms with E-state index < -0.39 is 5.40 Å². The van der Waals surface area contributed by atoms with Crippen LogP contribution in [0.5, 0.6) is 0 Å². The Bertz CT molecular complexity index is 205. The SMILES string of the molecule is BC(B)(O)C1C2(CC2)C12CC2. The fourth-order valence-corrected chi connectivity index (χ4v) is 3.93. The van der Waals surface area contributed by atoms with Crippen LogP contribution in [0.15, 0.2) is 0 Å². The minimum absolute atomic E-state index is 0.396. The summed E-state index contributed by atoms with van der Waals surface area (Å²) >= 11 is 0. The topological polar surface area (TPSA) is 20.2 Å². The number of aliphatic hydroxyl groups is 1. The highest BCUT2D eigenvalue weighted by Crippen LogP contribution is 2.93. The van der Waals surface area contributed by atoms with Crippen LogP contribution in [0, 0.1) is 16.7 Å². The van der Waals surface area contributed by atoms with Crippen molar-refractivity contribution in [2.45, 2.75) is 31.1 Å². The van der Waals surface area contributed by atoms with Gasteiger partial charge in [-0.1, -0.05) is 0 Å². The number of hydrogen-bond donors (Lipinski definition) is 1. The van der Waals surface area contributed by atoms with E-state index in [1.807, 2.05) is 15.7 Å².